The molecule has 1 atom stereocenters. The van der Waals surface area contributed by atoms with Gasteiger partial charge in [0.05, 0.1) is 7.11 Å². The predicted molar refractivity (Wildman–Crippen MR) is 75.4 cm³/mol. The van der Waals surface area contributed by atoms with Crippen LogP contribution in [-0.4, -0.2) is 26.0 Å². The average Bonchev–Trinajstić information content (AvgIpc) is 2.40. The molecule has 0 N–H and O–H groups in total. The zero-order chi connectivity index (χ0) is 15.1. The topological polar surface area (TPSA) is 54.0 Å². The summed E-state index contributed by atoms with van der Waals surface area (Å²) < 4.78 is 21.6. The molecule has 0 aliphatic heterocycles. The number of hydrogen-bond acceptors (Lipinski definition) is 5. The van der Waals surface area contributed by atoms with Gasteiger partial charge >= 0.3 is 5.97 Å². The Hall–Kier alpha value is -1.75. The lowest BCUT2D eigenvalue weighted by molar-refractivity contribution is -0.132. The van der Waals surface area contributed by atoms with Gasteiger partial charge in [-0.1, -0.05) is 13.0 Å². The quantitative estimate of drug-likeness (QED) is 0.437. The van der Waals surface area contributed by atoms with Gasteiger partial charge in [-0.25, -0.2) is 0 Å². The van der Waals surface area contributed by atoms with Crippen LogP contribution in [0.5, 0.6) is 17.2 Å². The Labute approximate surface area is 119 Å². The first-order valence-electron chi connectivity index (χ1n) is 6.69. The van der Waals surface area contributed by atoms with Crippen molar-refractivity contribution in [1.29, 1.82) is 0 Å². The Morgan fingerprint density at radius 1 is 1.25 bits per heavy atom. The second-order valence-corrected chi connectivity index (χ2v) is 4.17. The second kappa shape index (κ2) is 7.75. The molecular weight excluding hydrogens is 260 g/mol. The SMILES string of the molecule is CCOC(C)Oc1c(CC)ccc(OC)c1OC(C)=O. The molecule has 1 unspecified atom stereocenters. The highest BCUT2D eigenvalue weighted by Crippen LogP contribution is 2.41. The number of carbonyl (C=O) groups is 1. The Morgan fingerprint density at radius 3 is 2.45 bits per heavy atom. The second-order valence-electron chi connectivity index (χ2n) is 4.17. The van der Waals surface area contributed by atoms with Crippen molar-refractivity contribution in [3.63, 3.8) is 0 Å². The van der Waals surface area contributed by atoms with Gasteiger partial charge in [-0.2, -0.15) is 0 Å². The first kappa shape index (κ1) is 16.3. The van der Waals surface area contributed by atoms with Crippen LogP contribution < -0.4 is 14.2 Å². The summed E-state index contributed by atoms with van der Waals surface area (Å²) in [6, 6.07) is 3.65. The fraction of sp³-hybridized carbons (Fsp3) is 0.533. The molecule has 0 heterocycles. The van der Waals surface area contributed by atoms with Crippen LogP contribution in [-0.2, 0) is 16.0 Å². The summed E-state index contributed by atoms with van der Waals surface area (Å²) >= 11 is 0. The lowest BCUT2D eigenvalue weighted by Gasteiger charge is -2.20. The largest absolute Gasteiger partial charge is 0.493 e. The standard InChI is InChI=1S/C15H22O5/c1-6-12-8-9-13(17-5)15(19-10(3)16)14(12)20-11(4)18-7-2/h8-9,11H,6-7H2,1-5H3. The summed E-state index contributed by atoms with van der Waals surface area (Å²) in [6.07, 6.45) is 0.304. The highest BCUT2D eigenvalue weighted by Gasteiger charge is 2.20. The van der Waals surface area contributed by atoms with E-state index in [1.165, 1.54) is 14.0 Å². The zero-order valence-corrected chi connectivity index (χ0v) is 12.7. The average molecular weight is 282 g/mol. The van der Waals surface area contributed by atoms with Crippen LogP contribution in [0.25, 0.3) is 0 Å². The van der Waals surface area contributed by atoms with E-state index < -0.39 is 12.3 Å². The van der Waals surface area contributed by atoms with Gasteiger partial charge in [0.25, 0.3) is 0 Å². The normalized spacial score (nSPS) is 11.8. The van der Waals surface area contributed by atoms with E-state index in [1.54, 1.807) is 13.0 Å². The molecule has 0 spiro atoms. The van der Waals surface area contributed by atoms with Crippen molar-refractivity contribution in [2.45, 2.75) is 40.4 Å². The van der Waals surface area contributed by atoms with E-state index in [0.717, 1.165) is 12.0 Å². The van der Waals surface area contributed by atoms with Crippen LogP contribution in [0.1, 0.15) is 33.3 Å². The minimum Gasteiger partial charge on any atom is -0.493 e. The monoisotopic (exact) mass is 282 g/mol. The van der Waals surface area contributed by atoms with E-state index in [-0.39, 0.29) is 0 Å². The Balaban J connectivity index is 3.22. The fourth-order valence-electron chi connectivity index (χ4n) is 1.83. The minimum absolute atomic E-state index is 0.297. The lowest BCUT2D eigenvalue weighted by atomic mass is 10.1. The first-order valence-corrected chi connectivity index (χ1v) is 6.69. The Kier molecular flexibility index (Phi) is 6.31. The third-order valence-electron chi connectivity index (χ3n) is 2.69. The summed E-state index contributed by atoms with van der Waals surface area (Å²) in [5, 5.41) is 0. The summed E-state index contributed by atoms with van der Waals surface area (Å²) in [7, 11) is 1.52. The molecule has 0 saturated carbocycles. The maximum absolute atomic E-state index is 11.3. The van der Waals surface area contributed by atoms with Gasteiger partial charge in [0.15, 0.2) is 17.8 Å². The van der Waals surface area contributed by atoms with E-state index in [9.17, 15) is 4.79 Å². The van der Waals surface area contributed by atoms with Crippen molar-refractivity contribution >= 4 is 5.97 Å². The van der Waals surface area contributed by atoms with E-state index in [2.05, 4.69) is 0 Å². The van der Waals surface area contributed by atoms with E-state index in [1.807, 2.05) is 19.9 Å². The molecule has 5 nitrogen and oxygen atoms in total. The van der Waals surface area contributed by atoms with Crippen molar-refractivity contribution < 1.29 is 23.7 Å². The fourth-order valence-corrected chi connectivity index (χ4v) is 1.83. The maximum Gasteiger partial charge on any atom is 0.308 e. The van der Waals surface area contributed by atoms with Gasteiger partial charge in [0.2, 0.25) is 5.75 Å². The summed E-state index contributed by atoms with van der Waals surface area (Å²) in [5.41, 5.74) is 0.925. The van der Waals surface area contributed by atoms with E-state index in [4.69, 9.17) is 18.9 Å². The van der Waals surface area contributed by atoms with Crippen LogP contribution in [0.2, 0.25) is 0 Å². The first-order chi connectivity index (χ1) is 9.53. The zero-order valence-electron chi connectivity index (χ0n) is 12.7. The van der Waals surface area contributed by atoms with Crippen LogP contribution in [0, 0.1) is 0 Å². The number of ether oxygens (including phenoxy) is 4. The molecule has 0 saturated heterocycles. The van der Waals surface area contributed by atoms with Crippen molar-refractivity contribution in [2.24, 2.45) is 0 Å². The Bertz CT molecular complexity index is 456. The van der Waals surface area contributed by atoms with Crippen LogP contribution in [0.4, 0.5) is 0 Å². The van der Waals surface area contributed by atoms with E-state index >= 15 is 0 Å². The predicted octanol–water partition coefficient (Wildman–Crippen LogP) is 2.94. The van der Waals surface area contributed by atoms with Crippen molar-refractivity contribution in [2.75, 3.05) is 13.7 Å². The van der Waals surface area contributed by atoms with Gasteiger partial charge in [0.1, 0.15) is 0 Å². The van der Waals surface area contributed by atoms with Crippen LogP contribution in [0.15, 0.2) is 12.1 Å². The number of methoxy groups -OCH3 is 1. The minimum atomic E-state index is -0.438. The third kappa shape index (κ3) is 4.13. The molecule has 0 bridgehead atoms. The molecule has 1 aromatic carbocycles. The molecule has 1 aromatic rings. The molecule has 20 heavy (non-hydrogen) atoms. The van der Waals surface area contributed by atoms with Crippen molar-refractivity contribution in [1.82, 2.24) is 0 Å². The number of aryl methyl sites for hydroxylation is 1. The number of rotatable bonds is 7. The molecule has 0 fully saturated rings. The van der Waals surface area contributed by atoms with Gasteiger partial charge in [-0.15, -0.1) is 0 Å². The number of hydrogen-bond donors (Lipinski definition) is 0. The molecular formula is C15H22O5. The molecule has 1 rings (SSSR count). The molecule has 5 heteroatoms. The van der Waals surface area contributed by atoms with Gasteiger partial charge in [0, 0.05) is 13.5 Å². The summed E-state index contributed by atoms with van der Waals surface area (Å²) in [6.45, 7) is 7.56. The summed E-state index contributed by atoms with van der Waals surface area (Å²) in [5.74, 6) is 0.815. The molecule has 0 aromatic heterocycles. The third-order valence-corrected chi connectivity index (χ3v) is 2.69. The smallest absolute Gasteiger partial charge is 0.308 e. The van der Waals surface area contributed by atoms with E-state index in [0.29, 0.717) is 23.9 Å². The van der Waals surface area contributed by atoms with Crippen molar-refractivity contribution in [3.05, 3.63) is 17.7 Å². The molecule has 0 aliphatic carbocycles. The number of benzene rings is 1. The van der Waals surface area contributed by atoms with Crippen molar-refractivity contribution in [3.8, 4) is 17.2 Å². The number of esters is 1. The highest BCUT2D eigenvalue weighted by atomic mass is 16.7. The molecule has 112 valence electrons. The van der Waals surface area contributed by atoms with Gasteiger partial charge in [-0.05, 0) is 31.9 Å². The maximum atomic E-state index is 11.3. The molecule has 0 aliphatic rings. The number of carbonyl (C=O) groups excluding carboxylic acids is 1. The highest BCUT2D eigenvalue weighted by molar-refractivity contribution is 5.72. The van der Waals surface area contributed by atoms with Crippen LogP contribution >= 0.6 is 0 Å². The Morgan fingerprint density at radius 2 is 1.95 bits per heavy atom. The van der Waals surface area contributed by atoms with Gasteiger partial charge in [-0.3, -0.25) is 4.79 Å². The lowest BCUT2D eigenvalue weighted by Crippen LogP contribution is -2.18. The summed E-state index contributed by atoms with van der Waals surface area (Å²) in [4.78, 5) is 11.3. The molecule has 0 amide bonds. The van der Waals surface area contributed by atoms with Crippen LogP contribution in [0.3, 0.4) is 0 Å². The van der Waals surface area contributed by atoms with Gasteiger partial charge < -0.3 is 18.9 Å². The molecule has 0 radical (unpaired) electrons.